The largest absolute Gasteiger partial charge is 0.378 e. The molecule has 27 heavy (non-hydrogen) atoms. The van der Waals surface area contributed by atoms with E-state index in [2.05, 4.69) is 51.2 Å². The second-order valence-electron chi connectivity index (χ2n) is 7.55. The molecule has 0 aliphatic carbocycles. The van der Waals surface area contributed by atoms with E-state index >= 15 is 0 Å². The highest BCUT2D eigenvalue weighted by Crippen LogP contribution is 2.15. The summed E-state index contributed by atoms with van der Waals surface area (Å²) in [5.41, 5.74) is 0. The molecule has 0 saturated carbocycles. The lowest BCUT2D eigenvalue weighted by molar-refractivity contribution is 0.0258. The Morgan fingerprint density at radius 1 is 1.19 bits per heavy atom. The van der Waals surface area contributed by atoms with Gasteiger partial charge in [0.2, 0.25) is 0 Å². The van der Waals surface area contributed by atoms with Crippen molar-refractivity contribution in [1.29, 1.82) is 0 Å². The molecule has 7 heteroatoms. The van der Waals surface area contributed by atoms with E-state index in [0.717, 1.165) is 63.7 Å². The van der Waals surface area contributed by atoms with Gasteiger partial charge in [-0.25, -0.2) is 0 Å². The lowest BCUT2D eigenvalue weighted by Crippen LogP contribution is -2.39. The number of aromatic nitrogens is 3. The Morgan fingerprint density at radius 3 is 2.74 bits per heavy atom. The third kappa shape index (κ3) is 7.13. The van der Waals surface area contributed by atoms with E-state index in [4.69, 9.17) is 4.74 Å². The molecule has 0 amide bonds. The number of aliphatic imine (C=N–C) groups is 1. The number of nitrogens with zero attached hydrogens (tertiary/aromatic N) is 4. The van der Waals surface area contributed by atoms with E-state index in [1.54, 1.807) is 0 Å². The average Bonchev–Trinajstić information content (AvgIpc) is 2.88. The normalized spacial score (nSPS) is 16.1. The Balaban J connectivity index is 1.67. The van der Waals surface area contributed by atoms with Crippen LogP contribution in [0.5, 0.6) is 0 Å². The van der Waals surface area contributed by atoms with Gasteiger partial charge in [-0.15, -0.1) is 10.2 Å². The molecular formula is C20H38N6O. The maximum Gasteiger partial charge on any atom is 0.190 e. The van der Waals surface area contributed by atoms with Crippen molar-refractivity contribution in [3.05, 3.63) is 11.6 Å². The Hall–Kier alpha value is -1.63. The Morgan fingerprint density at radius 2 is 2.00 bits per heavy atom. The van der Waals surface area contributed by atoms with Gasteiger partial charge in [0.05, 0.1) is 6.10 Å². The SMILES string of the molecule is CCOC(CCNC(=NC)NCCCc1nnc2n1CCCCC2)C(C)C. The summed E-state index contributed by atoms with van der Waals surface area (Å²) < 4.78 is 8.13. The molecule has 2 rings (SSSR count). The van der Waals surface area contributed by atoms with Crippen molar-refractivity contribution < 1.29 is 4.74 Å². The van der Waals surface area contributed by atoms with Gasteiger partial charge in [-0.3, -0.25) is 4.99 Å². The van der Waals surface area contributed by atoms with Crippen LogP contribution in [0.25, 0.3) is 0 Å². The Bertz CT molecular complexity index is 569. The van der Waals surface area contributed by atoms with E-state index in [1.807, 2.05) is 7.05 Å². The monoisotopic (exact) mass is 378 g/mol. The lowest BCUT2D eigenvalue weighted by atomic mass is 10.0. The highest BCUT2D eigenvalue weighted by atomic mass is 16.5. The Kier molecular flexibility index (Phi) is 9.59. The number of nitrogens with one attached hydrogen (secondary N) is 2. The predicted molar refractivity (Wildman–Crippen MR) is 110 cm³/mol. The van der Waals surface area contributed by atoms with Crippen molar-refractivity contribution >= 4 is 5.96 Å². The third-order valence-electron chi connectivity index (χ3n) is 5.12. The zero-order valence-corrected chi connectivity index (χ0v) is 17.6. The van der Waals surface area contributed by atoms with Gasteiger partial charge in [0.25, 0.3) is 0 Å². The topological polar surface area (TPSA) is 76.4 Å². The van der Waals surface area contributed by atoms with Gasteiger partial charge in [0.15, 0.2) is 5.96 Å². The molecule has 0 spiro atoms. The smallest absolute Gasteiger partial charge is 0.190 e. The van der Waals surface area contributed by atoms with Crippen LogP contribution < -0.4 is 10.6 Å². The standard InChI is InChI=1S/C20H38N6O/c1-5-27-17(16(2)3)12-14-23-20(21-4)22-13-9-11-19-25-24-18-10-7-6-8-15-26(18)19/h16-17H,5-15H2,1-4H3,(H2,21,22,23). The van der Waals surface area contributed by atoms with Crippen LogP contribution in [0.4, 0.5) is 0 Å². The van der Waals surface area contributed by atoms with Gasteiger partial charge in [0, 0.05) is 46.1 Å². The number of rotatable bonds is 10. The molecule has 2 heterocycles. The molecule has 154 valence electrons. The van der Waals surface area contributed by atoms with Crippen LogP contribution in [0.15, 0.2) is 4.99 Å². The number of aryl methyl sites for hydroxylation is 2. The number of hydrogen-bond acceptors (Lipinski definition) is 4. The fraction of sp³-hybridized carbons (Fsp3) is 0.850. The van der Waals surface area contributed by atoms with Crippen LogP contribution in [-0.2, 0) is 24.1 Å². The summed E-state index contributed by atoms with van der Waals surface area (Å²) in [5, 5.41) is 15.6. The van der Waals surface area contributed by atoms with Crippen molar-refractivity contribution in [2.45, 2.75) is 78.4 Å². The molecule has 0 fully saturated rings. The van der Waals surface area contributed by atoms with Crippen LogP contribution in [0.2, 0.25) is 0 Å². The summed E-state index contributed by atoms with van der Waals surface area (Å²) in [6.07, 6.45) is 8.10. The number of guanidine groups is 1. The molecule has 7 nitrogen and oxygen atoms in total. The van der Waals surface area contributed by atoms with Crippen LogP contribution >= 0.6 is 0 Å². The van der Waals surface area contributed by atoms with Crippen molar-refractivity contribution in [3.8, 4) is 0 Å². The van der Waals surface area contributed by atoms with Gasteiger partial charge < -0.3 is 19.9 Å². The van der Waals surface area contributed by atoms with Crippen LogP contribution in [0, 0.1) is 5.92 Å². The molecule has 1 aliphatic rings. The van der Waals surface area contributed by atoms with E-state index in [0.29, 0.717) is 12.0 Å². The third-order valence-corrected chi connectivity index (χ3v) is 5.12. The first-order valence-corrected chi connectivity index (χ1v) is 10.6. The fourth-order valence-electron chi connectivity index (χ4n) is 3.56. The second kappa shape index (κ2) is 12.0. The van der Waals surface area contributed by atoms with Gasteiger partial charge in [-0.1, -0.05) is 20.3 Å². The molecule has 1 atom stereocenters. The highest BCUT2D eigenvalue weighted by molar-refractivity contribution is 5.79. The maximum atomic E-state index is 5.80. The molecule has 1 unspecified atom stereocenters. The molecule has 1 aromatic heterocycles. The van der Waals surface area contributed by atoms with Gasteiger partial charge in [0.1, 0.15) is 11.6 Å². The number of fused-ring (bicyclic) bond motifs is 1. The first-order valence-electron chi connectivity index (χ1n) is 10.6. The van der Waals surface area contributed by atoms with Crippen molar-refractivity contribution in [2.24, 2.45) is 10.9 Å². The number of hydrogen-bond donors (Lipinski definition) is 2. The van der Waals surface area contributed by atoms with Gasteiger partial charge >= 0.3 is 0 Å². The van der Waals surface area contributed by atoms with E-state index in [1.165, 1.54) is 25.1 Å². The van der Waals surface area contributed by atoms with E-state index in [-0.39, 0.29) is 0 Å². The molecule has 1 aliphatic heterocycles. The minimum Gasteiger partial charge on any atom is -0.378 e. The summed E-state index contributed by atoms with van der Waals surface area (Å²) >= 11 is 0. The minimum atomic E-state index is 0.295. The maximum absolute atomic E-state index is 5.80. The fourth-order valence-corrected chi connectivity index (χ4v) is 3.56. The second-order valence-corrected chi connectivity index (χ2v) is 7.55. The van der Waals surface area contributed by atoms with E-state index < -0.39 is 0 Å². The highest BCUT2D eigenvalue weighted by Gasteiger charge is 2.15. The van der Waals surface area contributed by atoms with Crippen molar-refractivity contribution in [1.82, 2.24) is 25.4 Å². The summed E-state index contributed by atoms with van der Waals surface area (Å²) in [7, 11) is 1.82. The quantitative estimate of drug-likeness (QED) is 0.372. The van der Waals surface area contributed by atoms with Crippen molar-refractivity contribution in [2.75, 3.05) is 26.7 Å². The average molecular weight is 379 g/mol. The molecule has 1 aromatic rings. The van der Waals surface area contributed by atoms with Crippen LogP contribution in [0.3, 0.4) is 0 Å². The zero-order chi connectivity index (χ0) is 19.5. The molecule has 0 bridgehead atoms. The lowest BCUT2D eigenvalue weighted by Gasteiger charge is -2.21. The van der Waals surface area contributed by atoms with Crippen molar-refractivity contribution in [3.63, 3.8) is 0 Å². The first-order chi connectivity index (χ1) is 13.2. The molecule has 0 aromatic carbocycles. The Labute approximate surface area is 164 Å². The van der Waals surface area contributed by atoms with E-state index in [9.17, 15) is 0 Å². The summed E-state index contributed by atoms with van der Waals surface area (Å²) in [6, 6.07) is 0. The first kappa shape index (κ1) is 21.7. The van der Waals surface area contributed by atoms with Gasteiger partial charge in [-0.05, 0) is 38.5 Å². The molecule has 0 radical (unpaired) electrons. The van der Waals surface area contributed by atoms with Gasteiger partial charge in [-0.2, -0.15) is 0 Å². The minimum absolute atomic E-state index is 0.295. The summed E-state index contributed by atoms with van der Waals surface area (Å²) in [6.45, 7) is 10.0. The van der Waals surface area contributed by atoms with Crippen LogP contribution in [0.1, 0.15) is 64.5 Å². The summed E-state index contributed by atoms with van der Waals surface area (Å²) in [5.74, 6) is 3.68. The molecule has 2 N–H and O–H groups in total. The summed E-state index contributed by atoms with van der Waals surface area (Å²) in [4.78, 5) is 4.31. The number of ether oxygens (including phenoxy) is 1. The zero-order valence-electron chi connectivity index (χ0n) is 17.6. The molecular weight excluding hydrogens is 340 g/mol. The predicted octanol–water partition coefficient (Wildman–Crippen LogP) is 2.55. The molecule has 0 saturated heterocycles. The van der Waals surface area contributed by atoms with Crippen LogP contribution in [-0.4, -0.2) is 53.6 Å².